The number of benzene rings is 3. The average Bonchev–Trinajstić information content (AvgIpc) is 3.22. The molecule has 2 N–H and O–H groups in total. The van der Waals surface area contributed by atoms with Crippen LogP contribution in [-0.2, 0) is 44.4 Å². The van der Waals surface area contributed by atoms with Crippen LogP contribution in [0.2, 0.25) is 0 Å². The molecular formula is C44H58N4O12. The van der Waals surface area contributed by atoms with E-state index in [0.717, 1.165) is 5.56 Å². The summed E-state index contributed by atoms with van der Waals surface area (Å²) in [4.78, 5) is 50.8. The van der Waals surface area contributed by atoms with Crippen LogP contribution in [0.3, 0.4) is 0 Å². The number of aliphatic imine (C=N–C) groups is 2. The van der Waals surface area contributed by atoms with E-state index in [1.165, 1.54) is 14.2 Å². The van der Waals surface area contributed by atoms with Gasteiger partial charge in [-0.15, -0.1) is 0 Å². The molecule has 326 valence electrons. The zero-order valence-corrected chi connectivity index (χ0v) is 36.3. The van der Waals surface area contributed by atoms with E-state index < -0.39 is 41.7 Å². The van der Waals surface area contributed by atoms with Crippen molar-refractivity contribution >= 4 is 29.8 Å². The molecule has 0 saturated carbocycles. The molecule has 16 nitrogen and oxygen atoms in total. The molecule has 4 rings (SSSR count). The summed E-state index contributed by atoms with van der Waals surface area (Å²) >= 11 is 0. The minimum atomic E-state index is -1.39. The highest BCUT2D eigenvalue weighted by Gasteiger charge is 2.34. The van der Waals surface area contributed by atoms with Gasteiger partial charge >= 0.3 is 12.1 Å². The lowest BCUT2D eigenvalue weighted by atomic mass is 9.99. The van der Waals surface area contributed by atoms with Crippen LogP contribution in [0.25, 0.3) is 0 Å². The van der Waals surface area contributed by atoms with Gasteiger partial charge in [0, 0.05) is 19.1 Å². The monoisotopic (exact) mass is 834 g/mol. The number of methoxy groups -OCH3 is 5. The van der Waals surface area contributed by atoms with Crippen LogP contribution in [0, 0.1) is 12.8 Å². The highest BCUT2D eigenvalue weighted by atomic mass is 16.7. The lowest BCUT2D eigenvalue weighted by Crippen LogP contribution is -2.49. The Morgan fingerprint density at radius 2 is 1.45 bits per heavy atom. The molecule has 0 aromatic heterocycles. The van der Waals surface area contributed by atoms with Gasteiger partial charge in [-0.05, 0) is 74.6 Å². The highest BCUT2D eigenvalue weighted by Crippen LogP contribution is 2.41. The van der Waals surface area contributed by atoms with Crippen molar-refractivity contribution in [3.63, 3.8) is 0 Å². The number of ether oxygens (including phenoxy) is 9. The van der Waals surface area contributed by atoms with Gasteiger partial charge in [-0.2, -0.15) is 0 Å². The van der Waals surface area contributed by atoms with Crippen molar-refractivity contribution in [1.29, 1.82) is 0 Å². The number of alkyl carbamates (subject to hydrolysis) is 1. The van der Waals surface area contributed by atoms with E-state index in [-0.39, 0.29) is 43.1 Å². The van der Waals surface area contributed by atoms with Gasteiger partial charge in [0.15, 0.2) is 24.3 Å². The number of carbonyl (C=O) groups is 3. The summed E-state index contributed by atoms with van der Waals surface area (Å²) in [6, 6.07) is 13.9. The number of nitrogens with one attached hydrogen (secondary N) is 2. The lowest BCUT2D eigenvalue weighted by Gasteiger charge is -2.28. The Labute approximate surface area is 351 Å². The van der Waals surface area contributed by atoms with Crippen LogP contribution in [0.5, 0.6) is 23.0 Å². The summed E-state index contributed by atoms with van der Waals surface area (Å²) in [5.74, 6) is 0.854. The Morgan fingerprint density at radius 3 is 2.07 bits per heavy atom. The maximum atomic E-state index is 14.4. The number of rotatable bonds is 18. The first kappa shape index (κ1) is 46.8. The molecule has 60 heavy (non-hydrogen) atoms. The molecule has 16 heteroatoms. The van der Waals surface area contributed by atoms with Crippen molar-refractivity contribution in [3.8, 4) is 23.0 Å². The minimum absolute atomic E-state index is 0.0849. The van der Waals surface area contributed by atoms with E-state index in [9.17, 15) is 14.4 Å². The molecule has 1 aliphatic rings. The Balaban J connectivity index is 1.75. The molecule has 4 atom stereocenters. The summed E-state index contributed by atoms with van der Waals surface area (Å²) in [7, 11) is 7.64. The van der Waals surface area contributed by atoms with E-state index in [1.54, 1.807) is 66.4 Å². The second-order valence-corrected chi connectivity index (χ2v) is 15.1. The van der Waals surface area contributed by atoms with Crippen molar-refractivity contribution in [2.45, 2.75) is 77.7 Å². The Morgan fingerprint density at radius 1 is 0.767 bits per heavy atom. The standard InChI is InChI=1S/C44H58N4O12/c1-26(2)36-40(55-10)47-38(41(46-36)56-11)30-23-33(54-9)27(3)34(24-30)59-35-22-29(17-18-32(35)53-8)37(48-43(51)60-44(4,5)6)39(49)45-31(21-28-15-13-12-14-16-28)42(50)58-25-57-20-19-52-7/h12-18,22-24,26,31,36-38H,19-21,25H2,1-11H3,(H,45,49)(H,48,51)/t31-,36-,37-,38+/m1/s1. The fraction of sp³-hybridized carbons (Fsp3) is 0.477. The van der Waals surface area contributed by atoms with E-state index in [4.69, 9.17) is 52.6 Å². The first-order valence-electron chi connectivity index (χ1n) is 19.5. The predicted molar refractivity (Wildman–Crippen MR) is 224 cm³/mol. The number of nitrogens with zero attached hydrogens (tertiary/aromatic N) is 2. The molecule has 2 amide bonds. The van der Waals surface area contributed by atoms with E-state index in [2.05, 4.69) is 10.6 Å². The topological polar surface area (TPSA) is 183 Å². The lowest BCUT2D eigenvalue weighted by molar-refractivity contribution is -0.160. The van der Waals surface area contributed by atoms with E-state index >= 15 is 0 Å². The summed E-state index contributed by atoms with van der Waals surface area (Å²) in [5.41, 5.74) is 1.43. The fourth-order valence-electron chi connectivity index (χ4n) is 6.17. The van der Waals surface area contributed by atoms with Gasteiger partial charge in [-0.3, -0.25) is 4.79 Å². The molecule has 0 saturated heterocycles. The molecule has 0 aliphatic carbocycles. The SMILES string of the molecule is COCCOCOC(=O)[C@@H](Cc1ccccc1)NC(=O)[C@H](NC(=O)OC(C)(C)C)c1ccc(OC)c(Oc2cc([C@@H]3N=C(OC)[C@@H](C(C)C)N=C3OC)cc(OC)c2C)c1. The van der Waals surface area contributed by atoms with Gasteiger partial charge in [0.1, 0.15) is 35.2 Å². The maximum absolute atomic E-state index is 14.4. The van der Waals surface area contributed by atoms with Gasteiger partial charge < -0.3 is 53.3 Å². The summed E-state index contributed by atoms with van der Waals surface area (Å²) in [6.07, 6.45) is -0.788. The normalized spacial score (nSPS) is 16.1. The maximum Gasteiger partial charge on any atom is 0.408 e. The second-order valence-electron chi connectivity index (χ2n) is 15.1. The molecule has 0 bridgehead atoms. The van der Waals surface area contributed by atoms with E-state index in [0.29, 0.717) is 46.8 Å². The molecule has 3 aromatic rings. The smallest absolute Gasteiger partial charge is 0.408 e. The third-order valence-corrected chi connectivity index (χ3v) is 9.19. The van der Waals surface area contributed by atoms with Gasteiger partial charge in [0.05, 0.1) is 41.7 Å². The second kappa shape index (κ2) is 21.9. The predicted octanol–water partition coefficient (Wildman–Crippen LogP) is 6.43. The van der Waals surface area contributed by atoms with Crippen LogP contribution >= 0.6 is 0 Å². The first-order valence-corrected chi connectivity index (χ1v) is 19.5. The molecule has 0 spiro atoms. The molecule has 1 heterocycles. The Bertz CT molecular complexity index is 1980. The third kappa shape index (κ3) is 12.8. The number of hydrogen-bond acceptors (Lipinski definition) is 14. The summed E-state index contributed by atoms with van der Waals surface area (Å²) in [6.45, 7) is 11.1. The molecular weight excluding hydrogens is 776 g/mol. The highest BCUT2D eigenvalue weighted by molar-refractivity contribution is 5.95. The van der Waals surface area contributed by atoms with Gasteiger partial charge in [0.2, 0.25) is 17.7 Å². The van der Waals surface area contributed by atoms with Crippen molar-refractivity contribution in [1.82, 2.24) is 10.6 Å². The third-order valence-electron chi connectivity index (χ3n) is 9.19. The van der Waals surface area contributed by atoms with E-state index in [1.807, 2.05) is 57.2 Å². The van der Waals surface area contributed by atoms with Gasteiger partial charge in [0.25, 0.3) is 0 Å². The average molecular weight is 835 g/mol. The minimum Gasteiger partial charge on any atom is -0.496 e. The molecule has 0 fully saturated rings. The zero-order valence-electron chi connectivity index (χ0n) is 36.3. The number of esters is 1. The van der Waals surface area contributed by atoms with Crippen LogP contribution in [-0.4, -0.2) is 103 Å². The van der Waals surface area contributed by atoms with Crippen molar-refractivity contribution < 1.29 is 57.0 Å². The quantitative estimate of drug-likeness (QED) is 0.0815. The summed E-state index contributed by atoms with van der Waals surface area (Å²) in [5, 5.41) is 5.45. The Hall–Kier alpha value is -5.87. The molecule has 0 unspecified atom stereocenters. The molecule has 0 radical (unpaired) electrons. The Kier molecular flexibility index (Phi) is 17.1. The molecule has 3 aromatic carbocycles. The largest absolute Gasteiger partial charge is 0.496 e. The number of carbonyl (C=O) groups excluding carboxylic acids is 3. The van der Waals surface area contributed by atoms with Gasteiger partial charge in [-0.1, -0.05) is 50.2 Å². The van der Waals surface area contributed by atoms with Crippen molar-refractivity contribution in [2.75, 3.05) is 55.6 Å². The summed E-state index contributed by atoms with van der Waals surface area (Å²) < 4.78 is 50.7. The van der Waals surface area contributed by atoms with Crippen molar-refractivity contribution in [3.05, 3.63) is 82.9 Å². The number of hydrogen-bond donors (Lipinski definition) is 2. The van der Waals surface area contributed by atoms with Crippen LogP contribution in [0.15, 0.2) is 70.6 Å². The number of amides is 2. The fourth-order valence-corrected chi connectivity index (χ4v) is 6.17. The van der Waals surface area contributed by atoms with Crippen LogP contribution in [0.4, 0.5) is 4.79 Å². The van der Waals surface area contributed by atoms with Crippen LogP contribution < -0.4 is 24.8 Å². The van der Waals surface area contributed by atoms with Crippen LogP contribution in [0.1, 0.15) is 69.0 Å². The van der Waals surface area contributed by atoms with Gasteiger partial charge in [-0.25, -0.2) is 19.6 Å². The van der Waals surface area contributed by atoms with Crippen molar-refractivity contribution in [2.24, 2.45) is 15.9 Å². The zero-order chi connectivity index (χ0) is 44.0. The first-order chi connectivity index (χ1) is 28.6. The molecule has 1 aliphatic heterocycles.